The molecule has 19 heavy (non-hydrogen) atoms. The monoisotopic (exact) mass is 269 g/mol. The van der Waals surface area contributed by atoms with E-state index in [1.807, 2.05) is 0 Å². The lowest BCUT2D eigenvalue weighted by Crippen LogP contribution is -2.48. The van der Waals surface area contributed by atoms with Crippen LogP contribution in [0.1, 0.15) is 32.1 Å². The topological polar surface area (TPSA) is 70.7 Å². The molecule has 0 aromatic rings. The van der Waals surface area contributed by atoms with Gasteiger partial charge < -0.3 is 20.3 Å². The first kappa shape index (κ1) is 14.1. The Kier molecular flexibility index (Phi) is 5.44. The molecule has 0 aromatic carbocycles. The first-order chi connectivity index (χ1) is 9.25. The van der Waals surface area contributed by atoms with Crippen LogP contribution >= 0.6 is 0 Å². The first-order valence-corrected chi connectivity index (χ1v) is 7.15. The molecule has 2 aliphatic rings. The Balaban J connectivity index is 1.59. The molecule has 0 radical (unpaired) electrons. The van der Waals surface area contributed by atoms with E-state index in [4.69, 9.17) is 4.74 Å². The van der Waals surface area contributed by atoms with Crippen LogP contribution in [0.4, 0.5) is 4.79 Å². The van der Waals surface area contributed by atoms with Crippen molar-refractivity contribution >= 4 is 11.9 Å². The predicted molar refractivity (Wildman–Crippen MR) is 70.8 cm³/mol. The minimum absolute atomic E-state index is 0.000684. The lowest BCUT2D eigenvalue weighted by atomic mass is 9.96. The summed E-state index contributed by atoms with van der Waals surface area (Å²) in [6.45, 7) is 2.41. The van der Waals surface area contributed by atoms with Gasteiger partial charge >= 0.3 is 6.03 Å². The number of morpholine rings is 1. The van der Waals surface area contributed by atoms with Gasteiger partial charge in [0, 0.05) is 25.7 Å². The van der Waals surface area contributed by atoms with Gasteiger partial charge in [0.05, 0.1) is 6.61 Å². The maximum atomic E-state index is 11.7. The second kappa shape index (κ2) is 7.33. The van der Waals surface area contributed by atoms with Gasteiger partial charge in [-0.05, 0) is 12.8 Å². The number of ether oxygens (including phenoxy) is 1. The Hall–Kier alpha value is -1.30. The Labute approximate surface area is 113 Å². The van der Waals surface area contributed by atoms with Gasteiger partial charge in [-0.2, -0.15) is 0 Å². The van der Waals surface area contributed by atoms with E-state index in [0.717, 1.165) is 12.8 Å². The van der Waals surface area contributed by atoms with E-state index in [-0.39, 0.29) is 18.5 Å². The van der Waals surface area contributed by atoms with E-state index >= 15 is 0 Å². The third-order valence-electron chi connectivity index (χ3n) is 3.69. The third-order valence-corrected chi connectivity index (χ3v) is 3.69. The van der Waals surface area contributed by atoms with E-state index in [1.165, 1.54) is 19.3 Å². The van der Waals surface area contributed by atoms with Crippen molar-refractivity contribution < 1.29 is 14.3 Å². The molecule has 0 atom stereocenters. The third kappa shape index (κ3) is 4.70. The number of hydrogen-bond acceptors (Lipinski definition) is 3. The molecule has 0 bridgehead atoms. The normalized spacial score (nSPS) is 21.3. The summed E-state index contributed by atoms with van der Waals surface area (Å²) in [5.74, 6) is 0.000684. The smallest absolute Gasteiger partial charge is 0.315 e. The van der Waals surface area contributed by atoms with Gasteiger partial charge in [0.2, 0.25) is 5.91 Å². The Morgan fingerprint density at radius 2 is 2.11 bits per heavy atom. The fourth-order valence-electron chi connectivity index (χ4n) is 2.57. The Bertz CT molecular complexity index is 316. The molecule has 108 valence electrons. The highest BCUT2D eigenvalue weighted by Crippen LogP contribution is 2.17. The number of nitrogens with one attached hydrogen (secondary N) is 2. The maximum absolute atomic E-state index is 11.7. The number of carbonyl (C=O) groups is 2. The second-order valence-electron chi connectivity index (χ2n) is 5.17. The molecule has 1 saturated heterocycles. The summed E-state index contributed by atoms with van der Waals surface area (Å²) in [5, 5.41) is 5.80. The van der Waals surface area contributed by atoms with Crippen LogP contribution < -0.4 is 10.6 Å². The summed E-state index contributed by atoms with van der Waals surface area (Å²) in [6.07, 6.45) is 5.84. The van der Waals surface area contributed by atoms with Crippen LogP contribution in [0.3, 0.4) is 0 Å². The van der Waals surface area contributed by atoms with Crippen LogP contribution in [0.5, 0.6) is 0 Å². The van der Waals surface area contributed by atoms with E-state index in [2.05, 4.69) is 10.6 Å². The van der Waals surface area contributed by atoms with Gasteiger partial charge in [0.15, 0.2) is 0 Å². The zero-order valence-corrected chi connectivity index (χ0v) is 11.3. The average Bonchev–Trinajstić information content (AvgIpc) is 2.42. The molecule has 6 heteroatoms. The Morgan fingerprint density at radius 3 is 2.84 bits per heavy atom. The van der Waals surface area contributed by atoms with E-state index in [1.54, 1.807) is 4.90 Å². The fraction of sp³-hybridized carbons (Fsp3) is 0.846. The van der Waals surface area contributed by atoms with Crippen LogP contribution in [0.2, 0.25) is 0 Å². The highest BCUT2D eigenvalue weighted by atomic mass is 16.5. The number of nitrogens with zero attached hydrogens (tertiary/aromatic N) is 1. The van der Waals surface area contributed by atoms with Crippen LogP contribution in [0.15, 0.2) is 0 Å². The Morgan fingerprint density at radius 1 is 1.32 bits per heavy atom. The molecule has 2 N–H and O–H groups in total. The van der Waals surface area contributed by atoms with E-state index in [9.17, 15) is 9.59 Å². The van der Waals surface area contributed by atoms with Crippen LogP contribution in [-0.4, -0.2) is 55.7 Å². The average molecular weight is 269 g/mol. The molecule has 1 saturated carbocycles. The van der Waals surface area contributed by atoms with E-state index < -0.39 is 0 Å². The number of amides is 3. The van der Waals surface area contributed by atoms with Gasteiger partial charge in [-0.3, -0.25) is 4.79 Å². The quantitative estimate of drug-likeness (QED) is 0.779. The summed E-state index contributed by atoms with van der Waals surface area (Å²) < 4.78 is 5.05. The molecular formula is C13H23N3O3. The van der Waals surface area contributed by atoms with E-state index in [0.29, 0.717) is 32.3 Å². The molecule has 6 nitrogen and oxygen atoms in total. The van der Waals surface area contributed by atoms with Crippen molar-refractivity contribution in [2.24, 2.45) is 0 Å². The van der Waals surface area contributed by atoms with Gasteiger partial charge in [0.25, 0.3) is 0 Å². The molecule has 2 rings (SSSR count). The first-order valence-electron chi connectivity index (χ1n) is 7.15. The van der Waals surface area contributed by atoms with Crippen molar-refractivity contribution in [2.45, 2.75) is 38.1 Å². The SMILES string of the molecule is O=C(NCCN1CCOCC1=O)NC1CCCCC1. The standard InChI is InChI=1S/C13H23N3O3/c17-12-10-19-9-8-16(12)7-6-14-13(18)15-11-4-2-1-3-5-11/h11H,1-10H2,(H2,14,15,18). The molecule has 0 spiro atoms. The zero-order valence-electron chi connectivity index (χ0n) is 11.3. The molecule has 1 aliphatic carbocycles. The molecule has 1 heterocycles. The predicted octanol–water partition coefficient (Wildman–Crippen LogP) is 0.477. The van der Waals surface area contributed by atoms with Crippen molar-refractivity contribution in [3.05, 3.63) is 0 Å². The summed E-state index contributed by atoms with van der Waals surface area (Å²) >= 11 is 0. The summed E-state index contributed by atoms with van der Waals surface area (Å²) in [4.78, 5) is 24.9. The minimum atomic E-state index is -0.118. The highest BCUT2D eigenvalue weighted by Gasteiger charge is 2.19. The number of hydrogen-bond donors (Lipinski definition) is 2. The van der Waals surface area contributed by atoms with Crippen LogP contribution in [0.25, 0.3) is 0 Å². The van der Waals surface area contributed by atoms with Crippen LogP contribution in [0, 0.1) is 0 Å². The summed E-state index contributed by atoms with van der Waals surface area (Å²) in [6, 6.07) is 0.200. The van der Waals surface area contributed by atoms with Gasteiger partial charge in [-0.25, -0.2) is 4.79 Å². The van der Waals surface area contributed by atoms with Crippen molar-refractivity contribution in [3.63, 3.8) is 0 Å². The van der Waals surface area contributed by atoms with Gasteiger partial charge in [-0.1, -0.05) is 19.3 Å². The molecule has 0 unspecified atom stereocenters. The number of rotatable bonds is 4. The lowest BCUT2D eigenvalue weighted by Gasteiger charge is -2.27. The molecule has 0 aromatic heterocycles. The summed E-state index contributed by atoms with van der Waals surface area (Å²) in [7, 11) is 0. The molecule has 3 amide bonds. The largest absolute Gasteiger partial charge is 0.370 e. The van der Waals surface area contributed by atoms with Crippen molar-refractivity contribution in [2.75, 3.05) is 32.8 Å². The lowest BCUT2D eigenvalue weighted by molar-refractivity contribution is -0.142. The fourth-order valence-corrected chi connectivity index (χ4v) is 2.57. The molecular weight excluding hydrogens is 246 g/mol. The van der Waals surface area contributed by atoms with Crippen molar-refractivity contribution in [1.82, 2.24) is 15.5 Å². The second-order valence-corrected chi connectivity index (χ2v) is 5.17. The van der Waals surface area contributed by atoms with Gasteiger partial charge in [0.1, 0.15) is 6.61 Å². The van der Waals surface area contributed by atoms with Crippen LogP contribution in [-0.2, 0) is 9.53 Å². The van der Waals surface area contributed by atoms with Gasteiger partial charge in [-0.15, -0.1) is 0 Å². The zero-order chi connectivity index (χ0) is 13.5. The minimum Gasteiger partial charge on any atom is -0.370 e. The maximum Gasteiger partial charge on any atom is 0.315 e. The highest BCUT2D eigenvalue weighted by molar-refractivity contribution is 5.78. The number of urea groups is 1. The van der Waals surface area contributed by atoms with Crippen molar-refractivity contribution in [3.8, 4) is 0 Å². The summed E-state index contributed by atoms with van der Waals surface area (Å²) in [5.41, 5.74) is 0. The van der Waals surface area contributed by atoms with Crippen molar-refractivity contribution in [1.29, 1.82) is 0 Å². The molecule has 2 fully saturated rings. The molecule has 1 aliphatic heterocycles. The number of carbonyl (C=O) groups excluding carboxylic acids is 2.